The summed E-state index contributed by atoms with van der Waals surface area (Å²) >= 11 is 0. The molecule has 3 atom stereocenters. The summed E-state index contributed by atoms with van der Waals surface area (Å²) in [5.41, 5.74) is 0. The minimum absolute atomic E-state index is 0.0938. The van der Waals surface area contributed by atoms with Crippen LogP contribution in [0.3, 0.4) is 0 Å². The largest absolute Gasteiger partial charge is 0.392 e. The van der Waals surface area contributed by atoms with Gasteiger partial charge >= 0.3 is 0 Å². The highest BCUT2D eigenvalue weighted by Crippen LogP contribution is 2.26. The molecule has 13 heavy (non-hydrogen) atoms. The molecule has 0 bridgehead atoms. The maximum Gasteiger partial charge on any atom is 0.201 e. The van der Waals surface area contributed by atoms with Crippen molar-refractivity contribution in [3.05, 3.63) is 0 Å². The van der Waals surface area contributed by atoms with Gasteiger partial charge in [-0.3, -0.25) is 0 Å². The fourth-order valence-corrected chi connectivity index (χ4v) is 2.27. The molecule has 0 aromatic carbocycles. The Balaban J connectivity index is 2.43. The Morgan fingerprint density at radius 2 is 2.31 bits per heavy atom. The highest BCUT2D eigenvalue weighted by atomic mass is 16.3. The van der Waals surface area contributed by atoms with Crippen LogP contribution in [0.5, 0.6) is 0 Å². The van der Waals surface area contributed by atoms with Crippen LogP contribution in [0.2, 0.25) is 6.82 Å². The van der Waals surface area contributed by atoms with Crippen LogP contribution < -0.4 is 0 Å². The maximum absolute atomic E-state index is 9.93. The molecule has 2 nitrogen and oxygen atoms in total. The highest BCUT2D eigenvalue weighted by Gasteiger charge is 2.29. The van der Waals surface area contributed by atoms with Gasteiger partial charge in [-0.2, -0.15) is 0 Å². The molecule has 3 unspecified atom stereocenters. The van der Waals surface area contributed by atoms with Gasteiger partial charge in [0.1, 0.15) is 0 Å². The number of hydrogen-bond donors (Lipinski definition) is 1. The van der Waals surface area contributed by atoms with Gasteiger partial charge in [0.2, 0.25) is 7.41 Å². The van der Waals surface area contributed by atoms with Crippen molar-refractivity contribution >= 4 is 7.41 Å². The number of β-amino-alcohol motifs (C(OH)–C–C–N with tert-alkyl or cyclic N) is 1. The van der Waals surface area contributed by atoms with Gasteiger partial charge in [0.25, 0.3) is 0 Å². The summed E-state index contributed by atoms with van der Waals surface area (Å²) < 4.78 is 0. The predicted octanol–water partition coefficient (Wildman–Crippen LogP) is 1.11. The van der Waals surface area contributed by atoms with Gasteiger partial charge in [-0.25, -0.2) is 0 Å². The van der Waals surface area contributed by atoms with E-state index in [1.54, 1.807) is 0 Å². The standard InChI is InChI=1S/C10H22BNO/c1-4-8(2)9-5-6-12(11-3)7-10(9)13/h8-11,13H,4-7H2,1-3H3. The summed E-state index contributed by atoms with van der Waals surface area (Å²) in [6, 6.07) is 0. The van der Waals surface area contributed by atoms with Crippen LogP contribution >= 0.6 is 0 Å². The second-order valence-corrected chi connectivity index (χ2v) is 4.30. The topological polar surface area (TPSA) is 23.5 Å². The number of rotatable bonds is 3. The zero-order valence-electron chi connectivity index (χ0n) is 9.16. The molecule has 3 heteroatoms. The third kappa shape index (κ3) is 2.71. The van der Waals surface area contributed by atoms with Crippen molar-refractivity contribution in [2.45, 2.75) is 39.6 Å². The fraction of sp³-hybridized carbons (Fsp3) is 1.00. The quantitative estimate of drug-likeness (QED) is 0.662. The lowest BCUT2D eigenvalue weighted by atomic mass is 9.79. The molecule has 76 valence electrons. The minimum atomic E-state index is -0.0938. The SMILES string of the molecule is CBN1CCC(C(C)CC)C(O)C1. The third-order valence-electron chi connectivity index (χ3n) is 3.54. The monoisotopic (exact) mass is 183 g/mol. The number of aliphatic hydroxyl groups excluding tert-OH is 1. The molecule has 0 aromatic heterocycles. The lowest BCUT2D eigenvalue weighted by molar-refractivity contribution is 0.0245. The van der Waals surface area contributed by atoms with Crippen LogP contribution in [0.15, 0.2) is 0 Å². The fourth-order valence-electron chi connectivity index (χ4n) is 2.27. The molecule has 1 fully saturated rings. The number of aliphatic hydroxyl groups is 1. The van der Waals surface area contributed by atoms with E-state index in [-0.39, 0.29) is 6.10 Å². The number of nitrogens with zero attached hydrogens (tertiary/aromatic N) is 1. The van der Waals surface area contributed by atoms with Crippen molar-refractivity contribution in [1.82, 2.24) is 4.81 Å². The van der Waals surface area contributed by atoms with Crippen molar-refractivity contribution in [2.75, 3.05) is 13.1 Å². The molecule has 0 radical (unpaired) electrons. The lowest BCUT2D eigenvalue weighted by Gasteiger charge is -2.38. The molecule has 1 aliphatic heterocycles. The molecule has 0 spiro atoms. The second kappa shape index (κ2) is 5.01. The van der Waals surface area contributed by atoms with Crippen LogP contribution in [-0.4, -0.2) is 36.5 Å². The summed E-state index contributed by atoms with van der Waals surface area (Å²) in [7, 11) is 1.07. The molecular weight excluding hydrogens is 161 g/mol. The Morgan fingerprint density at radius 3 is 2.77 bits per heavy atom. The average molecular weight is 183 g/mol. The molecule has 0 saturated carbocycles. The van der Waals surface area contributed by atoms with E-state index in [2.05, 4.69) is 25.5 Å². The van der Waals surface area contributed by atoms with Crippen molar-refractivity contribution < 1.29 is 5.11 Å². The van der Waals surface area contributed by atoms with Crippen molar-refractivity contribution in [3.8, 4) is 0 Å². The zero-order valence-corrected chi connectivity index (χ0v) is 9.16. The maximum atomic E-state index is 9.93. The van der Waals surface area contributed by atoms with Crippen LogP contribution in [0.25, 0.3) is 0 Å². The van der Waals surface area contributed by atoms with Crippen LogP contribution in [0.4, 0.5) is 0 Å². The van der Waals surface area contributed by atoms with Crippen molar-refractivity contribution in [3.63, 3.8) is 0 Å². The molecular formula is C10H22BNO. The van der Waals surface area contributed by atoms with Gasteiger partial charge in [0.15, 0.2) is 0 Å². The number of piperidine rings is 1. The van der Waals surface area contributed by atoms with Gasteiger partial charge in [0, 0.05) is 6.54 Å². The highest BCUT2D eigenvalue weighted by molar-refractivity contribution is 6.29. The summed E-state index contributed by atoms with van der Waals surface area (Å²) in [6.07, 6.45) is 2.27. The first-order valence-corrected chi connectivity index (χ1v) is 5.59. The van der Waals surface area contributed by atoms with E-state index >= 15 is 0 Å². The average Bonchev–Trinajstić information content (AvgIpc) is 2.16. The van der Waals surface area contributed by atoms with Crippen molar-refractivity contribution in [1.29, 1.82) is 0 Å². The Bertz CT molecular complexity index is 154. The summed E-state index contributed by atoms with van der Waals surface area (Å²) in [5, 5.41) is 9.93. The summed E-state index contributed by atoms with van der Waals surface area (Å²) in [5.74, 6) is 1.21. The molecule has 1 saturated heterocycles. The molecule has 0 aromatic rings. The Labute approximate surface area is 82.6 Å². The van der Waals surface area contributed by atoms with E-state index in [9.17, 15) is 5.11 Å². The van der Waals surface area contributed by atoms with Gasteiger partial charge in [-0.05, 0) is 24.8 Å². The molecule has 0 amide bonds. The van der Waals surface area contributed by atoms with E-state index < -0.39 is 0 Å². The first-order chi connectivity index (χ1) is 6.19. The Kier molecular flexibility index (Phi) is 4.27. The molecule has 1 aliphatic rings. The van der Waals surface area contributed by atoms with Crippen LogP contribution in [0.1, 0.15) is 26.7 Å². The smallest absolute Gasteiger partial charge is 0.201 e. The first-order valence-electron chi connectivity index (χ1n) is 5.59. The normalized spacial score (nSPS) is 32.9. The van der Waals surface area contributed by atoms with Gasteiger partial charge in [-0.15, -0.1) is 0 Å². The number of hydrogen-bond acceptors (Lipinski definition) is 2. The molecule has 1 rings (SSSR count). The van der Waals surface area contributed by atoms with E-state index in [0.717, 1.165) is 14.0 Å². The van der Waals surface area contributed by atoms with E-state index in [4.69, 9.17) is 0 Å². The molecule has 0 aliphatic carbocycles. The van der Waals surface area contributed by atoms with Crippen molar-refractivity contribution in [2.24, 2.45) is 11.8 Å². The second-order valence-electron chi connectivity index (χ2n) is 4.30. The summed E-state index contributed by atoms with van der Waals surface area (Å²) in [4.78, 5) is 2.34. The molecule has 1 N–H and O–H groups in total. The lowest BCUT2D eigenvalue weighted by Crippen LogP contribution is -2.46. The third-order valence-corrected chi connectivity index (χ3v) is 3.54. The van der Waals surface area contributed by atoms with E-state index in [0.29, 0.717) is 11.8 Å². The predicted molar refractivity (Wildman–Crippen MR) is 58.2 cm³/mol. The van der Waals surface area contributed by atoms with E-state index in [1.807, 2.05) is 0 Å². The first kappa shape index (κ1) is 11.1. The zero-order chi connectivity index (χ0) is 9.84. The Hall–Kier alpha value is -0.0151. The minimum Gasteiger partial charge on any atom is -0.392 e. The van der Waals surface area contributed by atoms with Gasteiger partial charge in [0.05, 0.1) is 6.10 Å². The Morgan fingerprint density at radius 1 is 1.62 bits per heavy atom. The van der Waals surface area contributed by atoms with Crippen LogP contribution in [-0.2, 0) is 0 Å². The van der Waals surface area contributed by atoms with E-state index in [1.165, 1.54) is 19.4 Å². The summed E-state index contributed by atoms with van der Waals surface area (Å²) in [6.45, 7) is 8.68. The van der Waals surface area contributed by atoms with Gasteiger partial charge in [-0.1, -0.05) is 27.1 Å². The van der Waals surface area contributed by atoms with Gasteiger partial charge < -0.3 is 9.92 Å². The van der Waals surface area contributed by atoms with Crippen LogP contribution in [0, 0.1) is 11.8 Å². The molecule has 1 heterocycles.